The van der Waals surface area contributed by atoms with Crippen LogP contribution < -0.4 is 0 Å². The van der Waals surface area contributed by atoms with Gasteiger partial charge in [0.05, 0.1) is 30.2 Å². The number of aromatic carboxylic acids is 1. The van der Waals surface area contributed by atoms with Crippen molar-refractivity contribution >= 4 is 58.5 Å². The molecular formula is C99H108O19. The first-order valence-electron chi connectivity index (χ1n) is 40.2. The quantitative estimate of drug-likeness (QED) is 0.0318. The van der Waals surface area contributed by atoms with Gasteiger partial charge in [0.25, 0.3) is 0 Å². The van der Waals surface area contributed by atoms with E-state index < -0.39 is 58.6 Å². The molecule has 11 N–H and O–H groups in total. The molecule has 618 valence electrons. The van der Waals surface area contributed by atoms with E-state index in [0.29, 0.717) is 30.4 Å². The van der Waals surface area contributed by atoms with Crippen LogP contribution in [-0.4, -0.2) is 104 Å². The number of aromatic hydroxyl groups is 3. The smallest absolute Gasteiger partial charge is 0.336 e. The van der Waals surface area contributed by atoms with Crippen LogP contribution in [0.3, 0.4) is 0 Å². The summed E-state index contributed by atoms with van der Waals surface area (Å²) in [5, 5.41) is 101. The Balaban J connectivity index is 0.000000155. The molecule has 8 fully saturated rings. The lowest BCUT2D eigenvalue weighted by atomic mass is 9.49. The lowest BCUT2D eigenvalue weighted by molar-refractivity contribution is -0.164. The van der Waals surface area contributed by atoms with E-state index in [0.717, 1.165) is 104 Å². The van der Waals surface area contributed by atoms with Gasteiger partial charge in [0.15, 0.2) is 0 Å². The number of carboxylic acids is 8. The van der Waals surface area contributed by atoms with Gasteiger partial charge in [0.2, 0.25) is 0 Å². The topological polar surface area (TPSA) is 359 Å². The van der Waals surface area contributed by atoms with Crippen LogP contribution in [0.2, 0.25) is 0 Å². The van der Waals surface area contributed by atoms with Crippen LogP contribution in [0.15, 0.2) is 267 Å². The molecule has 8 aliphatic carbocycles. The number of phenolic OH excluding ortho intramolecular Hbond substituents is 3. The van der Waals surface area contributed by atoms with E-state index in [1.165, 1.54) is 69.9 Å². The van der Waals surface area contributed by atoms with Gasteiger partial charge >= 0.3 is 47.8 Å². The molecule has 0 amide bonds. The van der Waals surface area contributed by atoms with Crippen molar-refractivity contribution in [3.05, 3.63) is 317 Å². The molecule has 10 aromatic carbocycles. The molecule has 10 aromatic rings. The van der Waals surface area contributed by atoms with Gasteiger partial charge in [-0.2, -0.15) is 0 Å². The minimum Gasteiger partial charge on any atom is -0.508 e. The van der Waals surface area contributed by atoms with Gasteiger partial charge < -0.3 is 56.2 Å². The Morgan fingerprint density at radius 2 is 0.627 bits per heavy atom. The normalized spacial score (nSPS) is 19.9. The highest BCUT2D eigenvalue weighted by atomic mass is 16.4. The molecule has 0 heterocycles. The van der Waals surface area contributed by atoms with Crippen LogP contribution in [0, 0.1) is 46.3 Å². The molecule has 0 unspecified atom stereocenters. The largest absolute Gasteiger partial charge is 0.508 e. The van der Waals surface area contributed by atoms with Crippen LogP contribution in [0.4, 0.5) is 0 Å². The van der Waals surface area contributed by atoms with E-state index >= 15 is 0 Å². The van der Waals surface area contributed by atoms with Crippen LogP contribution in [0.1, 0.15) is 185 Å². The third-order valence-corrected chi connectivity index (χ3v) is 24.3. The van der Waals surface area contributed by atoms with E-state index in [4.69, 9.17) is 35.7 Å². The van der Waals surface area contributed by atoms with Crippen molar-refractivity contribution < 1.29 is 94.5 Å². The Labute approximate surface area is 689 Å². The Kier molecular flexibility index (Phi) is 31.5. The molecule has 0 radical (unpaired) electrons. The lowest BCUT2D eigenvalue weighted by Crippen LogP contribution is -2.49. The van der Waals surface area contributed by atoms with E-state index in [-0.39, 0.29) is 59.2 Å². The van der Waals surface area contributed by atoms with Gasteiger partial charge in [-0.3, -0.25) is 33.6 Å². The van der Waals surface area contributed by atoms with E-state index in [9.17, 15) is 58.8 Å². The number of hydrogen-bond acceptors (Lipinski definition) is 11. The van der Waals surface area contributed by atoms with E-state index in [1.54, 1.807) is 91.9 Å². The number of hydrogen-bond donors (Lipinski definition) is 11. The molecule has 8 bridgehead atoms. The minimum absolute atomic E-state index is 0.000278. The van der Waals surface area contributed by atoms with Crippen molar-refractivity contribution in [2.45, 2.75) is 159 Å². The maximum Gasteiger partial charge on any atom is 0.336 e. The second-order valence-electron chi connectivity index (χ2n) is 33.1. The van der Waals surface area contributed by atoms with Crippen molar-refractivity contribution in [1.82, 2.24) is 0 Å². The van der Waals surface area contributed by atoms with Crippen LogP contribution >= 0.6 is 0 Å². The van der Waals surface area contributed by atoms with Crippen molar-refractivity contribution in [3.8, 4) is 17.2 Å². The molecule has 0 aliphatic heterocycles. The summed E-state index contributed by atoms with van der Waals surface area (Å²) < 4.78 is 0. The number of benzene rings is 10. The number of carbonyl (C=O) groups is 8. The van der Waals surface area contributed by atoms with Crippen molar-refractivity contribution in [1.29, 1.82) is 0 Å². The fraction of sp³-hybridized carbons (Fsp3) is 0.333. The van der Waals surface area contributed by atoms with Gasteiger partial charge in [-0.1, -0.05) is 238 Å². The summed E-state index contributed by atoms with van der Waals surface area (Å²) in [6, 6.07) is 80.3. The van der Waals surface area contributed by atoms with Gasteiger partial charge in [0, 0.05) is 23.7 Å². The van der Waals surface area contributed by atoms with Crippen molar-refractivity contribution in [2.75, 3.05) is 0 Å². The fourth-order valence-corrected chi connectivity index (χ4v) is 19.0. The highest BCUT2D eigenvalue weighted by molar-refractivity contribution is 6.03. The highest BCUT2D eigenvalue weighted by Crippen LogP contribution is 2.62. The predicted molar refractivity (Wildman–Crippen MR) is 452 cm³/mol. The standard InChI is InChI=1S/C17H18O4.C17H18O2.C15H14O2.C12H18O2.C11H16O2.C11H8O2.C8H8O3.C8H8O2/c1-17(11-10-16(20)21,12-2-6-14(18)7-3-12)13-4-8-15(19)9-5-13;1-17(13-12-16(18)19,14-8-4-2-5-9-14)15-10-6-3-7-11-15;1-15(14(16)17,12-8-4-2-5-9-12)13-10-6-3-7-11-13;13-11(14)7-12-4-8-1-9(5-12)3-10(2-8)6-12;12-10(13)11-4-7-1-8(5-11)3-9(2-7)6-11;12-11(13)10-7-3-5-8-4-1-2-6-9(8)10;9-7-3-1-6(2-4-7)5-8(10)11;9-8(10)6-7-4-2-1-3-5-7/h2-9,18-19H,10-11H2,1H3,(H,20,21);2-11H,12-13H2,1H3,(H,18,19);2-11H,1H3,(H,16,17);8-10H,1-7H2,(H,13,14);7-9H,1-6H2,(H,12,13);1-7H,(H,12,13);1-4,9H,5H2,(H,10,11);1-5H,6H2,(H,9,10). The second kappa shape index (κ2) is 41.5. The summed E-state index contributed by atoms with van der Waals surface area (Å²) in [7, 11) is 0. The lowest BCUT2D eigenvalue weighted by Gasteiger charge is -2.56. The molecule has 0 aromatic heterocycles. The molecule has 8 saturated carbocycles. The molecule has 19 heteroatoms. The Morgan fingerprint density at radius 1 is 0.322 bits per heavy atom. The molecule has 0 atom stereocenters. The number of rotatable bonds is 21. The van der Waals surface area contributed by atoms with Crippen molar-refractivity contribution in [3.63, 3.8) is 0 Å². The van der Waals surface area contributed by atoms with Crippen LogP contribution in [0.5, 0.6) is 17.2 Å². The average molecular weight is 1600 g/mol. The third-order valence-electron chi connectivity index (χ3n) is 24.3. The van der Waals surface area contributed by atoms with E-state index in [1.807, 2.05) is 153 Å². The SMILES string of the molecule is CC(C(=O)O)(c1ccccc1)c1ccccc1.CC(CCC(=O)O)(c1ccc(O)cc1)c1ccc(O)cc1.CC(CCC(=O)O)(c1ccccc1)c1ccccc1.O=C(O)C12CC3CC(CC(C3)C1)C2.O=C(O)CC12CC3CC(CC(C3)C1)C2.O=C(O)Cc1ccc(O)cc1.O=C(O)Cc1ccccc1.O=C(O)c1cccc2ccccc12. The number of fused-ring (bicyclic) bond motifs is 1. The molecule has 19 nitrogen and oxygen atoms in total. The summed E-state index contributed by atoms with van der Waals surface area (Å²) in [5.74, 6) is -0.674. The summed E-state index contributed by atoms with van der Waals surface area (Å²) in [4.78, 5) is 86.8. The number of phenols is 3. The first kappa shape index (κ1) is 89.6. The molecule has 0 spiro atoms. The van der Waals surface area contributed by atoms with Crippen molar-refractivity contribution in [2.24, 2.45) is 46.3 Å². The van der Waals surface area contributed by atoms with Gasteiger partial charge in [-0.25, -0.2) is 4.79 Å². The summed E-state index contributed by atoms with van der Waals surface area (Å²) in [5.41, 5.74) is 5.81. The van der Waals surface area contributed by atoms with Gasteiger partial charge in [-0.15, -0.1) is 0 Å². The van der Waals surface area contributed by atoms with Gasteiger partial charge in [0.1, 0.15) is 22.7 Å². The average Bonchev–Trinajstić information content (AvgIpc) is 0.737. The Morgan fingerprint density at radius 3 is 0.958 bits per heavy atom. The zero-order chi connectivity index (χ0) is 85.2. The maximum absolute atomic E-state index is 11.6. The van der Waals surface area contributed by atoms with E-state index in [2.05, 4.69) is 31.2 Å². The molecule has 18 rings (SSSR count). The summed E-state index contributed by atoms with van der Waals surface area (Å²) >= 11 is 0. The molecule has 0 saturated heterocycles. The van der Waals surface area contributed by atoms with Crippen LogP contribution in [0.25, 0.3) is 10.8 Å². The molecular weight excluding hydrogens is 1490 g/mol. The summed E-state index contributed by atoms with van der Waals surface area (Å²) in [6.07, 6.45) is 16.5. The predicted octanol–water partition coefficient (Wildman–Crippen LogP) is 20.0. The van der Waals surface area contributed by atoms with Crippen LogP contribution in [-0.2, 0) is 62.6 Å². The zero-order valence-electron chi connectivity index (χ0n) is 67.0. The Hall–Kier alpha value is -12.4. The van der Waals surface area contributed by atoms with Gasteiger partial charge in [-0.05, 0) is 235 Å². The zero-order valence-corrected chi connectivity index (χ0v) is 67.0. The maximum atomic E-state index is 11.6. The highest BCUT2D eigenvalue weighted by Gasteiger charge is 2.55. The second-order valence-corrected chi connectivity index (χ2v) is 33.1. The molecule has 8 aliphatic rings. The third kappa shape index (κ3) is 24.8. The number of aliphatic carboxylic acids is 7. The first-order chi connectivity index (χ1) is 56.3. The molecule has 118 heavy (non-hydrogen) atoms. The summed E-state index contributed by atoms with van der Waals surface area (Å²) in [6.45, 7) is 5.81. The number of carboxylic acid groups (broad SMARTS) is 8. The monoisotopic (exact) mass is 1600 g/mol. The first-order valence-corrected chi connectivity index (χ1v) is 40.2. The Bertz CT molecular complexity index is 4740. The minimum atomic E-state index is -0.998. The fourth-order valence-electron chi connectivity index (χ4n) is 19.0.